The normalized spacial score (nSPS) is 18.3. The van der Waals surface area contributed by atoms with E-state index in [4.69, 9.17) is 9.47 Å². The average Bonchev–Trinajstić information content (AvgIpc) is 2.38. The van der Waals surface area contributed by atoms with Gasteiger partial charge in [-0.15, -0.1) is 0 Å². The van der Waals surface area contributed by atoms with Gasteiger partial charge >= 0.3 is 0 Å². The largest absolute Gasteiger partial charge is 0.478 e. The third kappa shape index (κ3) is 3.57. The molecule has 1 aliphatic rings. The molecule has 2 rings (SSSR count). The van der Waals surface area contributed by atoms with E-state index in [0.717, 1.165) is 38.4 Å². The second-order valence-corrected chi connectivity index (χ2v) is 4.95. The highest BCUT2D eigenvalue weighted by atomic mass is 16.5. The Morgan fingerprint density at radius 3 is 2.89 bits per heavy atom. The fourth-order valence-corrected chi connectivity index (χ4v) is 2.01. The van der Waals surface area contributed by atoms with E-state index in [9.17, 15) is 0 Å². The summed E-state index contributed by atoms with van der Waals surface area (Å²) in [6.45, 7) is 7.45. The average molecular weight is 251 g/mol. The number of ether oxygens (including phenoxy) is 2. The highest BCUT2D eigenvalue weighted by Crippen LogP contribution is 2.29. The SMILES string of the molecule is CCOc1cc(NCC2(C)CCOCC2)ncn1. The fourth-order valence-electron chi connectivity index (χ4n) is 2.01. The first-order valence-corrected chi connectivity index (χ1v) is 6.48. The van der Waals surface area contributed by atoms with Crippen LogP contribution < -0.4 is 10.1 Å². The van der Waals surface area contributed by atoms with E-state index in [1.54, 1.807) is 0 Å². The quantitative estimate of drug-likeness (QED) is 0.868. The molecule has 1 aromatic rings. The van der Waals surface area contributed by atoms with Crippen LogP contribution in [0.15, 0.2) is 12.4 Å². The maximum Gasteiger partial charge on any atom is 0.218 e. The summed E-state index contributed by atoms with van der Waals surface area (Å²) in [6.07, 6.45) is 3.70. The summed E-state index contributed by atoms with van der Waals surface area (Å²) in [6, 6.07) is 1.84. The van der Waals surface area contributed by atoms with Crippen molar-refractivity contribution < 1.29 is 9.47 Å². The molecule has 2 heterocycles. The van der Waals surface area contributed by atoms with Crippen LogP contribution in [0.3, 0.4) is 0 Å². The minimum atomic E-state index is 0.287. The zero-order valence-electron chi connectivity index (χ0n) is 11.1. The summed E-state index contributed by atoms with van der Waals surface area (Å²) in [7, 11) is 0. The van der Waals surface area contributed by atoms with Gasteiger partial charge in [-0.3, -0.25) is 0 Å². The number of nitrogens with one attached hydrogen (secondary N) is 1. The third-order valence-electron chi connectivity index (χ3n) is 3.33. The summed E-state index contributed by atoms with van der Waals surface area (Å²) < 4.78 is 10.7. The highest BCUT2D eigenvalue weighted by Gasteiger charge is 2.27. The maximum atomic E-state index is 5.39. The van der Waals surface area contributed by atoms with Crippen LogP contribution in [0.25, 0.3) is 0 Å². The Labute approximate surface area is 108 Å². The van der Waals surface area contributed by atoms with Crippen molar-refractivity contribution in [3.63, 3.8) is 0 Å². The minimum absolute atomic E-state index is 0.287. The van der Waals surface area contributed by atoms with Gasteiger partial charge < -0.3 is 14.8 Å². The first-order valence-electron chi connectivity index (χ1n) is 6.48. The van der Waals surface area contributed by atoms with Gasteiger partial charge in [0, 0.05) is 25.8 Å². The molecule has 1 aromatic heterocycles. The van der Waals surface area contributed by atoms with E-state index in [0.29, 0.717) is 12.5 Å². The number of aromatic nitrogens is 2. The summed E-state index contributed by atoms with van der Waals surface area (Å²) in [4.78, 5) is 8.25. The van der Waals surface area contributed by atoms with Crippen LogP contribution in [-0.4, -0.2) is 36.3 Å². The van der Waals surface area contributed by atoms with Crippen molar-refractivity contribution in [3.05, 3.63) is 12.4 Å². The van der Waals surface area contributed by atoms with Crippen LogP contribution in [0.5, 0.6) is 5.88 Å². The van der Waals surface area contributed by atoms with Crippen LogP contribution in [0.1, 0.15) is 26.7 Å². The van der Waals surface area contributed by atoms with Gasteiger partial charge in [-0.25, -0.2) is 9.97 Å². The lowest BCUT2D eigenvalue weighted by atomic mass is 9.82. The topological polar surface area (TPSA) is 56.3 Å². The van der Waals surface area contributed by atoms with Gasteiger partial charge in [0.1, 0.15) is 12.1 Å². The lowest BCUT2D eigenvalue weighted by molar-refractivity contribution is 0.0299. The van der Waals surface area contributed by atoms with E-state index in [1.807, 2.05) is 13.0 Å². The standard InChI is InChI=1S/C13H21N3O2/c1-3-18-12-8-11(15-10-16-12)14-9-13(2)4-6-17-7-5-13/h8,10H,3-7,9H2,1-2H3,(H,14,15,16). The summed E-state index contributed by atoms with van der Waals surface area (Å²) in [5, 5.41) is 3.37. The van der Waals surface area contributed by atoms with E-state index >= 15 is 0 Å². The van der Waals surface area contributed by atoms with Crippen molar-refractivity contribution in [3.8, 4) is 5.88 Å². The molecular formula is C13H21N3O2. The first-order chi connectivity index (χ1) is 8.72. The fraction of sp³-hybridized carbons (Fsp3) is 0.692. The number of hydrogen-bond acceptors (Lipinski definition) is 5. The molecule has 0 aliphatic carbocycles. The molecule has 0 aromatic carbocycles. The summed E-state index contributed by atoms with van der Waals surface area (Å²) in [5.74, 6) is 1.44. The van der Waals surface area contributed by atoms with Crippen LogP contribution >= 0.6 is 0 Å². The summed E-state index contributed by atoms with van der Waals surface area (Å²) >= 11 is 0. The lowest BCUT2D eigenvalue weighted by Gasteiger charge is -2.33. The van der Waals surface area contributed by atoms with Gasteiger partial charge in [-0.1, -0.05) is 6.92 Å². The van der Waals surface area contributed by atoms with Gasteiger partial charge in [0.05, 0.1) is 6.61 Å². The van der Waals surface area contributed by atoms with Gasteiger partial charge in [0.25, 0.3) is 0 Å². The zero-order chi connectivity index (χ0) is 12.8. The second-order valence-electron chi connectivity index (χ2n) is 4.95. The predicted octanol–water partition coefficient (Wildman–Crippen LogP) is 2.10. The Morgan fingerprint density at radius 1 is 1.39 bits per heavy atom. The van der Waals surface area contributed by atoms with Crippen molar-refractivity contribution in [1.82, 2.24) is 9.97 Å². The van der Waals surface area contributed by atoms with Gasteiger partial charge in [-0.05, 0) is 25.2 Å². The number of rotatable bonds is 5. The molecule has 0 bridgehead atoms. The Kier molecular flexibility index (Phi) is 4.36. The first kappa shape index (κ1) is 13.1. The van der Waals surface area contributed by atoms with Crippen molar-refractivity contribution in [2.24, 2.45) is 5.41 Å². The Morgan fingerprint density at radius 2 is 2.17 bits per heavy atom. The van der Waals surface area contributed by atoms with Gasteiger partial charge in [-0.2, -0.15) is 0 Å². The molecule has 5 nitrogen and oxygen atoms in total. The van der Waals surface area contributed by atoms with E-state index in [-0.39, 0.29) is 5.41 Å². The second kappa shape index (κ2) is 6.00. The Hall–Kier alpha value is -1.36. The molecular weight excluding hydrogens is 230 g/mol. The van der Waals surface area contributed by atoms with Crippen LogP contribution in [-0.2, 0) is 4.74 Å². The molecule has 5 heteroatoms. The number of hydrogen-bond donors (Lipinski definition) is 1. The Bertz CT molecular complexity index is 378. The predicted molar refractivity (Wildman–Crippen MR) is 69.9 cm³/mol. The highest BCUT2D eigenvalue weighted by molar-refractivity contribution is 5.37. The van der Waals surface area contributed by atoms with Crippen LogP contribution in [0, 0.1) is 5.41 Å². The Balaban J connectivity index is 1.90. The molecule has 0 unspecified atom stereocenters. The smallest absolute Gasteiger partial charge is 0.218 e. The monoisotopic (exact) mass is 251 g/mol. The van der Waals surface area contributed by atoms with Crippen molar-refractivity contribution in [1.29, 1.82) is 0 Å². The maximum absolute atomic E-state index is 5.39. The van der Waals surface area contributed by atoms with E-state index < -0.39 is 0 Å². The summed E-state index contributed by atoms with van der Waals surface area (Å²) in [5.41, 5.74) is 0.287. The van der Waals surface area contributed by atoms with Gasteiger partial charge in [0.15, 0.2) is 0 Å². The molecule has 0 radical (unpaired) electrons. The molecule has 0 atom stereocenters. The number of anilines is 1. The van der Waals surface area contributed by atoms with Gasteiger partial charge in [0.2, 0.25) is 5.88 Å². The van der Waals surface area contributed by atoms with E-state index in [2.05, 4.69) is 22.2 Å². The third-order valence-corrected chi connectivity index (χ3v) is 3.33. The van der Waals surface area contributed by atoms with Crippen molar-refractivity contribution in [2.45, 2.75) is 26.7 Å². The molecule has 0 amide bonds. The number of nitrogens with zero attached hydrogens (tertiary/aromatic N) is 2. The van der Waals surface area contributed by atoms with Crippen molar-refractivity contribution in [2.75, 3.05) is 31.7 Å². The molecule has 1 N–H and O–H groups in total. The molecule has 1 fully saturated rings. The molecule has 1 saturated heterocycles. The van der Waals surface area contributed by atoms with E-state index in [1.165, 1.54) is 6.33 Å². The lowest BCUT2D eigenvalue weighted by Crippen LogP contribution is -2.33. The minimum Gasteiger partial charge on any atom is -0.478 e. The van der Waals surface area contributed by atoms with Crippen LogP contribution in [0.4, 0.5) is 5.82 Å². The molecule has 18 heavy (non-hydrogen) atoms. The van der Waals surface area contributed by atoms with Crippen LogP contribution in [0.2, 0.25) is 0 Å². The molecule has 1 aliphatic heterocycles. The molecule has 0 spiro atoms. The van der Waals surface area contributed by atoms with Crippen molar-refractivity contribution >= 4 is 5.82 Å². The zero-order valence-corrected chi connectivity index (χ0v) is 11.1. The molecule has 100 valence electrons. The molecule has 0 saturated carbocycles.